The SMILES string of the molecule is [CH2]C([CH2])C=C. The van der Waals surface area contributed by atoms with Crippen molar-refractivity contribution in [1.82, 2.24) is 0 Å². The predicted molar refractivity (Wildman–Crippen MR) is 24.4 cm³/mol. The zero-order valence-corrected chi connectivity index (χ0v) is 3.28. The third-order valence-electron chi connectivity index (χ3n) is 0.333. The van der Waals surface area contributed by atoms with Crippen LogP contribution in [-0.2, 0) is 0 Å². The van der Waals surface area contributed by atoms with Gasteiger partial charge in [-0.3, -0.25) is 0 Å². The third-order valence-corrected chi connectivity index (χ3v) is 0.333. The number of rotatable bonds is 1. The van der Waals surface area contributed by atoms with Crippen LogP contribution in [-0.4, -0.2) is 0 Å². The van der Waals surface area contributed by atoms with Crippen molar-refractivity contribution in [3.63, 3.8) is 0 Å². The van der Waals surface area contributed by atoms with Gasteiger partial charge in [0.2, 0.25) is 0 Å². The summed E-state index contributed by atoms with van der Waals surface area (Å²) in [6.07, 6.45) is 1.69. The van der Waals surface area contributed by atoms with Crippen molar-refractivity contribution in [1.29, 1.82) is 0 Å². The van der Waals surface area contributed by atoms with E-state index in [1.807, 2.05) is 0 Å². The first kappa shape index (κ1) is 4.74. The highest BCUT2D eigenvalue weighted by atomic mass is 13.8. The van der Waals surface area contributed by atoms with E-state index in [2.05, 4.69) is 20.4 Å². The first-order valence-corrected chi connectivity index (χ1v) is 1.56. The lowest BCUT2D eigenvalue weighted by Gasteiger charge is -1.83. The molecule has 0 heteroatoms. The van der Waals surface area contributed by atoms with Gasteiger partial charge in [-0.15, -0.1) is 6.58 Å². The Balaban J connectivity index is 2.83. The van der Waals surface area contributed by atoms with Crippen LogP contribution >= 0.6 is 0 Å². The Morgan fingerprint density at radius 3 is 1.60 bits per heavy atom. The van der Waals surface area contributed by atoms with Crippen LogP contribution in [0.2, 0.25) is 0 Å². The standard InChI is InChI=1S/C5H8/c1-4-5(2)3/h4-5H,1-3H2. The molecule has 0 aromatic carbocycles. The molecular weight excluding hydrogens is 60.1 g/mol. The Morgan fingerprint density at radius 2 is 1.60 bits per heavy atom. The van der Waals surface area contributed by atoms with Gasteiger partial charge in [0.15, 0.2) is 0 Å². The molecule has 5 heavy (non-hydrogen) atoms. The Kier molecular flexibility index (Phi) is 1.90. The highest BCUT2D eigenvalue weighted by Crippen LogP contribution is 1.85. The molecule has 0 spiro atoms. The molecule has 0 aromatic rings. The van der Waals surface area contributed by atoms with Gasteiger partial charge in [0.1, 0.15) is 0 Å². The van der Waals surface area contributed by atoms with Crippen LogP contribution in [0, 0.1) is 19.8 Å². The van der Waals surface area contributed by atoms with E-state index in [1.165, 1.54) is 0 Å². The minimum absolute atomic E-state index is 0.148. The van der Waals surface area contributed by atoms with Crippen LogP contribution in [0.15, 0.2) is 12.7 Å². The molecule has 0 heterocycles. The fourth-order valence-corrected chi connectivity index (χ4v) is 0. The van der Waals surface area contributed by atoms with Gasteiger partial charge in [0.05, 0.1) is 0 Å². The van der Waals surface area contributed by atoms with E-state index < -0.39 is 0 Å². The second-order valence-corrected chi connectivity index (χ2v) is 0.996. The molecule has 0 bridgehead atoms. The maximum absolute atomic E-state index is 3.53. The topological polar surface area (TPSA) is 0 Å². The van der Waals surface area contributed by atoms with Crippen LogP contribution in [0.4, 0.5) is 0 Å². The largest absolute Gasteiger partial charge is 0.103 e. The normalized spacial score (nSPS) is 8.60. The van der Waals surface area contributed by atoms with E-state index in [4.69, 9.17) is 0 Å². The molecule has 0 aromatic heterocycles. The Bertz CT molecular complexity index is 27.0. The molecule has 28 valence electrons. The Labute approximate surface area is 33.5 Å². The van der Waals surface area contributed by atoms with E-state index in [9.17, 15) is 0 Å². The summed E-state index contributed by atoms with van der Waals surface area (Å²) in [5.41, 5.74) is 0. The summed E-state index contributed by atoms with van der Waals surface area (Å²) in [4.78, 5) is 0. The van der Waals surface area contributed by atoms with E-state index in [-0.39, 0.29) is 5.92 Å². The zero-order chi connectivity index (χ0) is 4.28. The maximum Gasteiger partial charge on any atom is -0.0236 e. The van der Waals surface area contributed by atoms with E-state index in [0.717, 1.165) is 0 Å². The fraction of sp³-hybridized carbons (Fsp3) is 0.200. The molecule has 0 N–H and O–H groups in total. The first-order valence-electron chi connectivity index (χ1n) is 1.56. The molecule has 0 rings (SSSR count). The summed E-state index contributed by atoms with van der Waals surface area (Å²) in [5.74, 6) is 0.148. The summed E-state index contributed by atoms with van der Waals surface area (Å²) < 4.78 is 0. The molecule has 0 saturated carbocycles. The van der Waals surface area contributed by atoms with Gasteiger partial charge in [0.25, 0.3) is 0 Å². The summed E-state index contributed by atoms with van der Waals surface area (Å²) in [7, 11) is 0. The van der Waals surface area contributed by atoms with E-state index in [0.29, 0.717) is 0 Å². The number of hydrogen-bond acceptors (Lipinski definition) is 0. The number of allylic oxidation sites excluding steroid dienone is 1. The van der Waals surface area contributed by atoms with E-state index >= 15 is 0 Å². The molecule has 0 amide bonds. The minimum atomic E-state index is 0.148. The van der Waals surface area contributed by atoms with Crippen LogP contribution in [0.1, 0.15) is 0 Å². The van der Waals surface area contributed by atoms with Gasteiger partial charge in [-0.1, -0.05) is 6.08 Å². The average molecular weight is 68.1 g/mol. The quantitative estimate of drug-likeness (QED) is 0.408. The zero-order valence-electron chi connectivity index (χ0n) is 3.28. The van der Waals surface area contributed by atoms with Gasteiger partial charge in [-0.2, -0.15) is 0 Å². The van der Waals surface area contributed by atoms with Gasteiger partial charge in [-0.05, 0) is 19.8 Å². The molecular formula is C5H8. The molecule has 0 aliphatic heterocycles. The van der Waals surface area contributed by atoms with Crippen LogP contribution in [0.3, 0.4) is 0 Å². The van der Waals surface area contributed by atoms with Crippen molar-refractivity contribution in [2.45, 2.75) is 0 Å². The van der Waals surface area contributed by atoms with Gasteiger partial charge in [0, 0.05) is 0 Å². The molecule has 0 nitrogen and oxygen atoms in total. The van der Waals surface area contributed by atoms with Crippen molar-refractivity contribution < 1.29 is 0 Å². The second-order valence-electron chi connectivity index (χ2n) is 0.996. The third kappa shape index (κ3) is 3.74. The lowest BCUT2D eigenvalue weighted by atomic mass is 10.2. The number of hydrogen-bond donors (Lipinski definition) is 0. The molecule has 0 aliphatic rings. The predicted octanol–water partition coefficient (Wildman–Crippen LogP) is 1.46. The fourth-order valence-electron chi connectivity index (χ4n) is 0. The van der Waals surface area contributed by atoms with Crippen LogP contribution in [0.5, 0.6) is 0 Å². The van der Waals surface area contributed by atoms with Crippen molar-refractivity contribution in [3.05, 3.63) is 26.5 Å². The Hall–Kier alpha value is -0.260. The molecule has 0 aliphatic carbocycles. The molecule has 0 fully saturated rings. The highest BCUT2D eigenvalue weighted by Gasteiger charge is 1.74. The molecule has 0 unspecified atom stereocenters. The van der Waals surface area contributed by atoms with E-state index in [1.54, 1.807) is 6.08 Å². The summed E-state index contributed by atoms with van der Waals surface area (Å²) in [5, 5.41) is 0. The summed E-state index contributed by atoms with van der Waals surface area (Å²) in [6, 6.07) is 0. The van der Waals surface area contributed by atoms with Crippen LogP contribution < -0.4 is 0 Å². The molecule has 0 atom stereocenters. The van der Waals surface area contributed by atoms with Crippen molar-refractivity contribution in [3.8, 4) is 0 Å². The van der Waals surface area contributed by atoms with Gasteiger partial charge in [-0.25, -0.2) is 0 Å². The lowest BCUT2D eigenvalue weighted by Crippen LogP contribution is -1.72. The molecule has 0 saturated heterocycles. The highest BCUT2D eigenvalue weighted by molar-refractivity contribution is 4.81. The Morgan fingerprint density at radius 1 is 1.40 bits per heavy atom. The summed E-state index contributed by atoms with van der Waals surface area (Å²) >= 11 is 0. The lowest BCUT2D eigenvalue weighted by molar-refractivity contribution is 1.07. The van der Waals surface area contributed by atoms with Crippen molar-refractivity contribution in [2.24, 2.45) is 5.92 Å². The van der Waals surface area contributed by atoms with Gasteiger partial charge >= 0.3 is 0 Å². The average Bonchev–Trinajstić information content (AvgIpc) is 1.38. The summed E-state index contributed by atoms with van der Waals surface area (Å²) in [6.45, 7) is 10.5. The van der Waals surface area contributed by atoms with Gasteiger partial charge < -0.3 is 0 Å². The van der Waals surface area contributed by atoms with Crippen molar-refractivity contribution in [2.75, 3.05) is 0 Å². The smallest absolute Gasteiger partial charge is 0.0236 e. The molecule has 2 radical (unpaired) electrons. The first-order chi connectivity index (χ1) is 2.27. The van der Waals surface area contributed by atoms with Crippen molar-refractivity contribution >= 4 is 0 Å². The maximum atomic E-state index is 3.53. The monoisotopic (exact) mass is 68.1 g/mol. The van der Waals surface area contributed by atoms with Crippen LogP contribution in [0.25, 0.3) is 0 Å². The minimum Gasteiger partial charge on any atom is -0.103 e. The second kappa shape index (κ2) is 2.01.